The van der Waals surface area contributed by atoms with Gasteiger partial charge in [-0.15, -0.1) is 0 Å². The summed E-state index contributed by atoms with van der Waals surface area (Å²) in [5.74, 6) is 3.52. The van der Waals surface area contributed by atoms with Crippen LogP contribution in [0.2, 0.25) is 0 Å². The van der Waals surface area contributed by atoms with Crippen molar-refractivity contribution in [2.45, 2.75) is 27.7 Å². The molecule has 160 valence electrons. The number of hydrogen-bond donors (Lipinski definition) is 2. The van der Waals surface area contributed by atoms with E-state index in [1.165, 1.54) is 0 Å². The summed E-state index contributed by atoms with van der Waals surface area (Å²) in [6.07, 6.45) is 1.91. The van der Waals surface area contributed by atoms with Gasteiger partial charge in [0.1, 0.15) is 34.6 Å². The molecule has 0 aliphatic carbocycles. The van der Waals surface area contributed by atoms with Crippen molar-refractivity contribution < 1.29 is 9.26 Å². The molecule has 2 N–H and O–H groups in total. The van der Waals surface area contributed by atoms with Crippen LogP contribution in [0.4, 0.5) is 5.82 Å². The van der Waals surface area contributed by atoms with Crippen LogP contribution in [0, 0.1) is 20.8 Å². The van der Waals surface area contributed by atoms with Crippen molar-refractivity contribution >= 4 is 34.5 Å². The molecule has 0 aliphatic rings. The molecule has 4 aromatic rings. The molecule has 0 bridgehead atoms. The average Bonchev–Trinajstić information content (AvgIpc) is 3.28. The van der Waals surface area contributed by atoms with Gasteiger partial charge in [-0.2, -0.15) is 5.10 Å². The Morgan fingerprint density at radius 2 is 2.06 bits per heavy atom. The van der Waals surface area contributed by atoms with E-state index in [0.29, 0.717) is 17.4 Å². The van der Waals surface area contributed by atoms with Crippen molar-refractivity contribution in [1.82, 2.24) is 25.1 Å². The lowest BCUT2D eigenvalue weighted by atomic mass is 10.0. The molecule has 9 nitrogen and oxygen atoms in total. The fourth-order valence-corrected chi connectivity index (χ4v) is 3.80. The first-order valence-electron chi connectivity index (χ1n) is 9.82. The van der Waals surface area contributed by atoms with Crippen LogP contribution in [0.15, 0.2) is 33.7 Å². The van der Waals surface area contributed by atoms with Gasteiger partial charge < -0.3 is 19.6 Å². The SMILES string of the molecule is C=NN(C)/C(=C\C)Nc1nc(C)nc2[nH]c3cc(-c4c(C)noc4C)c(OC)cc3c12. The molecule has 0 fully saturated rings. The Morgan fingerprint density at radius 3 is 2.68 bits per heavy atom. The Morgan fingerprint density at radius 1 is 1.29 bits per heavy atom. The minimum absolute atomic E-state index is 0.643. The first-order chi connectivity index (χ1) is 14.9. The highest BCUT2D eigenvalue weighted by Crippen LogP contribution is 2.40. The van der Waals surface area contributed by atoms with E-state index in [9.17, 15) is 0 Å². The van der Waals surface area contributed by atoms with Crippen molar-refractivity contribution in [3.63, 3.8) is 0 Å². The zero-order valence-corrected chi connectivity index (χ0v) is 18.5. The number of ether oxygens (including phenoxy) is 1. The number of aryl methyl sites for hydroxylation is 3. The zero-order valence-electron chi connectivity index (χ0n) is 18.5. The van der Waals surface area contributed by atoms with E-state index in [1.54, 1.807) is 12.1 Å². The number of anilines is 1. The lowest BCUT2D eigenvalue weighted by molar-refractivity contribution is 0.393. The van der Waals surface area contributed by atoms with Crippen LogP contribution in [0.5, 0.6) is 5.75 Å². The van der Waals surface area contributed by atoms with E-state index >= 15 is 0 Å². The standard InChI is InChI=1S/C22H25N7O2/c1-8-18(29(6)23-5)27-22-20-14-10-17(30-7)15(19-11(2)28-31-12(19)3)9-16(14)26-21(20)24-13(4)25-22/h8-10H,5H2,1-4,6-7H3,(H2,24,25,26,27)/b18-8-. The second-order valence-electron chi connectivity index (χ2n) is 7.23. The highest BCUT2D eigenvalue weighted by molar-refractivity contribution is 6.13. The van der Waals surface area contributed by atoms with Gasteiger partial charge >= 0.3 is 0 Å². The van der Waals surface area contributed by atoms with Crippen molar-refractivity contribution in [3.8, 4) is 16.9 Å². The highest BCUT2D eigenvalue weighted by Gasteiger charge is 2.21. The number of aromatic nitrogens is 4. The van der Waals surface area contributed by atoms with Crippen LogP contribution < -0.4 is 10.1 Å². The summed E-state index contributed by atoms with van der Waals surface area (Å²) < 4.78 is 11.1. The van der Waals surface area contributed by atoms with Gasteiger partial charge in [0.15, 0.2) is 0 Å². The third kappa shape index (κ3) is 3.37. The summed E-state index contributed by atoms with van der Waals surface area (Å²) in [5.41, 5.74) is 4.27. The van der Waals surface area contributed by atoms with Gasteiger partial charge in [0.05, 0.1) is 23.8 Å². The molecular formula is C22H25N7O2. The van der Waals surface area contributed by atoms with Crippen LogP contribution in [-0.4, -0.2) is 46.0 Å². The number of benzene rings is 1. The van der Waals surface area contributed by atoms with E-state index in [0.717, 1.165) is 50.3 Å². The third-order valence-electron chi connectivity index (χ3n) is 5.27. The number of hydrogen-bond acceptors (Lipinski definition) is 8. The Labute approximate surface area is 179 Å². The fourth-order valence-electron chi connectivity index (χ4n) is 3.80. The molecular weight excluding hydrogens is 394 g/mol. The van der Waals surface area contributed by atoms with Crippen LogP contribution in [-0.2, 0) is 0 Å². The van der Waals surface area contributed by atoms with Gasteiger partial charge in [0, 0.05) is 30.2 Å². The van der Waals surface area contributed by atoms with Crippen molar-refractivity contribution in [1.29, 1.82) is 0 Å². The maximum Gasteiger partial charge on any atom is 0.145 e. The largest absolute Gasteiger partial charge is 0.496 e. The molecule has 9 heteroatoms. The molecule has 4 rings (SSSR count). The van der Waals surface area contributed by atoms with Crippen LogP contribution in [0.3, 0.4) is 0 Å². The quantitative estimate of drug-likeness (QED) is 0.350. The lowest BCUT2D eigenvalue weighted by Crippen LogP contribution is -2.18. The Bertz CT molecular complexity index is 1310. The average molecular weight is 419 g/mol. The molecule has 0 saturated carbocycles. The molecule has 0 atom stereocenters. The molecule has 3 heterocycles. The summed E-state index contributed by atoms with van der Waals surface area (Å²) in [7, 11) is 3.47. The molecule has 0 unspecified atom stereocenters. The van der Waals surface area contributed by atoms with Gasteiger partial charge in [-0.25, -0.2) is 9.97 Å². The molecule has 0 spiro atoms. The Balaban J connectivity index is 1.98. The van der Waals surface area contributed by atoms with Crippen LogP contribution >= 0.6 is 0 Å². The number of nitrogens with one attached hydrogen (secondary N) is 2. The Hall–Kier alpha value is -3.88. The van der Waals surface area contributed by atoms with E-state index in [4.69, 9.17) is 9.26 Å². The number of rotatable bonds is 6. The predicted molar refractivity (Wildman–Crippen MR) is 122 cm³/mol. The van der Waals surface area contributed by atoms with Gasteiger partial charge in [0.2, 0.25) is 0 Å². The number of fused-ring (bicyclic) bond motifs is 3. The predicted octanol–water partition coefficient (Wildman–Crippen LogP) is 4.52. The molecule has 0 radical (unpaired) electrons. The summed E-state index contributed by atoms with van der Waals surface area (Å²) in [6, 6.07) is 4.03. The van der Waals surface area contributed by atoms with Crippen molar-refractivity contribution in [3.05, 3.63) is 41.3 Å². The summed E-state index contributed by atoms with van der Waals surface area (Å²) in [6.45, 7) is 11.2. The molecule has 3 aromatic heterocycles. The van der Waals surface area contributed by atoms with Crippen LogP contribution in [0.1, 0.15) is 24.2 Å². The molecule has 0 saturated heterocycles. The van der Waals surface area contributed by atoms with E-state index < -0.39 is 0 Å². The third-order valence-corrected chi connectivity index (χ3v) is 5.27. The lowest BCUT2D eigenvalue weighted by Gasteiger charge is -2.18. The first-order valence-corrected chi connectivity index (χ1v) is 9.82. The number of nitrogens with zero attached hydrogens (tertiary/aromatic N) is 5. The van der Waals surface area contributed by atoms with Gasteiger partial charge in [-0.3, -0.25) is 5.01 Å². The first kappa shape index (κ1) is 20.4. The molecule has 0 aliphatic heterocycles. The highest BCUT2D eigenvalue weighted by atomic mass is 16.5. The zero-order chi connectivity index (χ0) is 22.3. The van der Waals surface area contributed by atoms with E-state index in [2.05, 4.69) is 37.2 Å². The number of aromatic amines is 1. The smallest absolute Gasteiger partial charge is 0.145 e. The minimum Gasteiger partial charge on any atom is -0.496 e. The number of methoxy groups -OCH3 is 1. The molecule has 0 amide bonds. The molecule has 31 heavy (non-hydrogen) atoms. The molecule has 1 aromatic carbocycles. The maximum atomic E-state index is 5.74. The Kier molecular flexibility index (Phi) is 5.10. The summed E-state index contributed by atoms with van der Waals surface area (Å²) >= 11 is 0. The topological polar surface area (TPSA) is 104 Å². The van der Waals surface area contributed by atoms with Crippen molar-refractivity contribution in [2.24, 2.45) is 5.10 Å². The fraction of sp³-hybridized carbons (Fsp3) is 0.273. The van der Waals surface area contributed by atoms with Crippen LogP contribution in [0.25, 0.3) is 33.1 Å². The van der Waals surface area contributed by atoms with Gasteiger partial charge in [-0.05, 0) is 45.9 Å². The van der Waals surface area contributed by atoms with Gasteiger partial charge in [-0.1, -0.05) is 5.16 Å². The maximum absolute atomic E-state index is 5.74. The normalized spacial score (nSPS) is 11.9. The number of allylic oxidation sites excluding steroid dienone is 1. The van der Waals surface area contributed by atoms with E-state index in [-0.39, 0.29) is 0 Å². The second-order valence-corrected chi connectivity index (χ2v) is 7.23. The van der Waals surface area contributed by atoms with Gasteiger partial charge in [0.25, 0.3) is 0 Å². The second kappa shape index (κ2) is 7.75. The number of H-pyrrole nitrogens is 1. The monoisotopic (exact) mass is 419 g/mol. The van der Waals surface area contributed by atoms with E-state index in [1.807, 2.05) is 53.0 Å². The minimum atomic E-state index is 0.643. The summed E-state index contributed by atoms with van der Waals surface area (Å²) in [4.78, 5) is 12.7. The van der Waals surface area contributed by atoms with Crippen molar-refractivity contribution in [2.75, 3.05) is 19.5 Å². The summed E-state index contributed by atoms with van der Waals surface area (Å²) in [5, 5.41) is 14.8. The number of hydrazone groups is 1.